The molecule has 0 bridgehead atoms. The second kappa shape index (κ2) is 5.23. The summed E-state index contributed by atoms with van der Waals surface area (Å²) in [5, 5.41) is -0.963. The summed E-state index contributed by atoms with van der Waals surface area (Å²) in [6.45, 7) is 1.50. The second-order valence-electron chi connectivity index (χ2n) is 4.57. The second-order valence-corrected chi connectivity index (χ2v) is 4.91. The van der Waals surface area contributed by atoms with Gasteiger partial charge in [0, 0.05) is 17.8 Å². The predicted molar refractivity (Wildman–Crippen MR) is 74.7 cm³/mol. The van der Waals surface area contributed by atoms with Crippen molar-refractivity contribution in [2.45, 2.75) is 13.2 Å². The summed E-state index contributed by atoms with van der Waals surface area (Å²) >= 11 is 5.39. The number of fused-ring (bicyclic) bond motifs is 1. The summed E-state index contributed by atoms with van der Waals surface area (Å²) in [6.07, 6.45) is 0. The summed E-state index contributed by atoms with van der Waals surface area (Å²) in [5.74, 6) is -0.668. The van der Waals surface area contributed by atoms with Crippen molar-refractivity contribution in [3.63, 3.8) is 0 Å². The number of nitrogens with zero attached hydrogens (tertiary/aromatic N) is 1. The number of Topliss-reactive ketones (excluding diaryl/α,β-unsaturated/α-hetero) is 1. The largest absolute Gasteiger partial charge is 0.373 e. The number of hydrogen-bond donors (Lipinski definition) is 0. The van der Waals surface area contributed by atoms with Gasteiger partial charge in [0.1, 0.15) is 5.69 Å². The Morgan fingerprint density at radius 2 is 1.95 bits per heavy atom. The van der Waals surface area contributed by atoms with Crippen molar-refractivity contribution >= 4 is 22.6 Å². The normalized spacial score (nSPS) is 13.8. The van der Waals surface area contributed by atoms with Crippen LogP contribution in [0.3, 0.4) is 0 Å². The van der Waals surface area contributed by atoms with E-state index in [9.17, 15) is 9.59 Å². The van der Waals surface area contributed by atoms with Gasteiger partial charge in [-0.15, -0.1) is 0 Å². The van der Waals surface area contributed by atoms with E-state index in [1.165, 1.54) is 0 Å². The number of carbonyl (C=O) groups is 2. The minimum Gasteiger partial charge on any atom is -0.373 e. The van der Waals surface area contributed by atoms with Crippen LogP contribution in [0.15, 0.2) is 36.4 Å². The Hall–Kier alpha value is -1.91. The van der Waals surface area contributed by atoms with E-state index in [4.69, 9.17) is 16.3 Å². The van der Waals surface area contributed by atoms with Crippen LogP contribution in [-0.4, -0.2) is 22.2 Å². The molecule has 0 aliphatic carbocycles. The molecule has 0 atom stereocenters. The molecule has 0 unspecified atom stereocenters. The van der Waals surface area contributed by atoms with Gasteiger partial charge in [-0.05, 0) is 23.2 Å². The van der Waals surface area contributed by atoms with Gasteiger partial charge >= 0.3 is 0 Å². The first-order chi connectivity index (χ1) is 9.68. The minimum absolute atomic E-state index is 0.356. The van der Waals surface area contributed by atoms with Crippen molar-refractivity contribution in [2.24, 2.45) is 0 Å². The van der Waals surface area contributed by atoms with Crippen LogP contribution < -0.4 is 0 Å². The number of ether oxygens (including phenoxy) is 1. The van der Waals surface area contributed by atoms with Gasteiger partial charge in [0.15, 0.2) is 0 Å². The quantitative estimate of drug-likeness (QED) is 0.496. The smallest absolute Gasteiger partial charge is 0.294 e. The lowest BCUT2D eigenvalue weighted by atomic mass is 10.0. The fourth-order valence-electron chi connectivity index (χ4n) is 2.49. The van der Waals surface area contributed by atoms with E-state index in [0.29, 0.717) is 25.5 Å². The third-order valence-corrected chi connectivity index (χ3v) is 3.54. The van der Waals surface area contributed by atoms with Crippen molar-refractivity contribution in [2.75, 3.05) is 6.61 Å². The number of benzene rings is 1. The zero-order chi connectivity index (χ0) is 14.1. The van der Waals surface area contributed by atoms with Gasteiger partial charge in [0.25, 0.3) is 11.0 Å². The number of aromatic nitrogens is 1. The van der Waals surface area contributed by atoms with Crippen LogP contribution in [0.1, 0.15) is 16.2 Å². The Labute approximate surface area is 120 Å². The van der Waals surface area contributed by atoms with Crippen molar-refractivity contribution in [3.05, 3.63) is 47.8 Å². The van der Waals surface area contributed by atoms with Gasteiger partial charge in [0.2, 0.25) is 0 Å². The van der Waals surface area contributed by atoms with Crippen LogP contribution in [0.2, 0.25) is 0 Å². The van der Waals surface area contributed by atoms with Gasteiger partial charge in [0.05, 0.1) is 13.2 Å². The van der Waals surface area contributed by atoms with Crippen molar-refractivity contribution in [3.8, 4) is 11.1 Å². The highest BCUT2D eigenvalue weighted by atomic mass is 35.5. The van der Waals surface area contributed by atoms with Crippen LogP contribution in [0.4, 0.5) is 0 Å². The van der Waals surface area contributed by atoms with Crippen LogP contribution in [-0.2, 0) is 22.7 Å². The molecule has 1 aromatic carbocycles. The molecule has 0 amide bonds. The number of carbonyl (C=O) groups excluding carboxylic acids is 2. The topological polar surface area (TPSA) is 48.3 Å². The molecule has 0 saturated carbocycles. The number of hydrogen-bond acceptors (Lipinski definition) is 3. The van der Waals surface area contributed by atoms with E-state index in [1.807, 2.05) is 41.0 Å². The highest BCUT2D eigenvalue weighted by Crippen LogP contribution is 2.30. The van der Waals surface area contributed by atoms with Crippen molar-refractivity contribution < 1.29 is 14.3 Å². The Morgan fingerprint density at radius 1 is 1.20 bits per heavy atom. The van der Waals surface area contributed by atoms with E-state index < -0.39 is 11.0 Å². The molecule has 2 heterocycles. The minimum atomic E-state index is -0.963. The molecule has 1 aliphatic heterocycles. The molecule has 1 aliphatic rings. The van der Waals surface area contributed by atoms with Gasteiger partial charge in [-0.1, -0.05) is 30.3 Å². The zero-order valence-electron chi connectivity index (χ0n) is 10.6. The maximum atomic E-state index is 12.1. The first-order valence-electron chi connectivity index (χ1n) is 6.28. The predicted octanol–water partition coefficient (Wildman–Crippen LogP) is 2.63. The van der Waals surface area contributed by atoms with Gasteiger partial charge in [-0.3, -0.25) is 9.59 Å². The summed E-state index contributed by atoms with van der Waals surface area (Å²) in [5.41, 5.74) is 2.85. The molecule has 2 aromatic rings. The van der Waals surface area contributed by atoms with Crippen LogP contribution >= 0.6 is 11.6 Å². The lowest BCUT2D eigenvalue weighted by Gasteiger charge is -2.17. The Kier molecular flexibility index (Phi) is 3.42. The Morgan fingerprint density at radius 3 is 2.65 bits per heavy atom. The molecule has 0 spiro atoms. The van der Waals surface area contributed by atoms with E-state index in [1.54, 1.807) is 0 Å². The van der Waals surface area contributed by atoms with Gasteiger partial charge < -0.3 is 9.30 Å². The molecular weight excluding hydrogens is 278 g/mol. The van der Waals surface area contributed by atoms with Crippen LogP contribution in [0.5, 0.6) is 0 Å². The molecule has 0 fully saturated rings. The maximum absolute atomic E-state index is 12.1. The van der Waals surface area contributed by atoms with Crippen molar-refractivity contribution in [1.82, 2.24) is 4.57 Å². The third kappa shape index (κ3) is 2.17. The molecule has 0 saturated heterocycles. The van der Waals surface area contributed by atoms with Crippen LogP contribution in [0.25, 0.3) is 11.1 Å². The first kappa shape index (κ1) is 13.1. The van der Waals surface area contributed by atoms with Gasteiger partial charge in [-0.2, -0.15) is 0 Å². The maximum Gasteiger partial charge on any atom is 0.294 e. The number of rotatable bonds is 3. The zero-order valence-corrected chi connectivity index (χ0v) is 11.4. The molecule has 102 valence electrons. The number of halogens is 1. The lowest BCUT2D eigenvalue weighted by Crippen LogP contribution is -2.22. The third-order valence-electron chi connectivity index (χ3n) is 3.37. The fraction of sp³-hybridized carbons (Fsp3) is 0.200. The first-order valence-corrected chi connectivity index (χ1v) is 6.66. The molecular formula is C15H12ClNO3. The number of ketones is 1. The Balaban J connectivity index is 2.21. The lowest BCUT2D eigenvalue weighted by molar-refractivity contribution is -0.108. The average Bonchev–Trinajstić information content (AvgIpc) is 2.86. The van der Waals surface area contributed by atoms with E-state index in [2.05, 4.69) is 0 Å². The van der Waals surface area contributed by atoms with Gasteiger partial charge in [-0.25, -0.2) is 0 Å². The molecule has 5 heteroatoms. The molecule has 3 rings (SSSR count). The molecule has 4 nitrogen and oxygen atoms in total. The highest BCUT2D eigenvalue weighted by Gasteiger charge is 2.27. The van der Waals surface area contributed by atoms with E-state index in [-0.39, 0.29) is 0 Å². The van der Waals surface area contributed by atoms with Crippen LogP contribution in [0, 0.1) is 0 Å². The molecule has 0 N–H and O–H groups in total. The monoisotopic (exact) mass is 289 g/mol. The summed E-state index contributed by atoms with van der Waals surface area (Å²) in [4.78, 5) is 23.4. The fourth-order valence-corrected chi connectivity index (χ4v) is 2.57. The van der Waals surface area contributed by atoms with E-state index >= 15 is 0 Å². The summed E-state index contributed by atoms with van der Waals surface area (Å²) < 4.78 is 7.22. The van der Waals surface area contributed by atoms with E-state index in [0.717, 1.165) is 16.8 Å². The molecule has 0 radical (unpaired) electrons. The summed E-state index contributed by atoms with van der Waals surface area (Å²) in [6, 6.07) is 11.4. The standard InChI is InChI=1S/C15H12ClNO3/c16-15(19)14(18)13-12(10-4-2-1-3-5-10)8-11-9-20-7-6-17(11)13/h1-5,8H,6-7,9H2. The molecule has 20 heavy (non-hydrogen) atoms. The molecule has 1 aromatic heterocycles. The SMILES string of the molecule is O=C(Cl)C(=O)c1c(-c2ccccc2)cc2n1CCOC2. The highest BCUT2D eigenvalue weighted by molar-refractivity contribution is 6.83. The Bertz CT molecular complexity index is 676. The summed E-state index contributed by atoms with van der Waals surface area (Å²) in [7, 11) is 0. The average molecular weight is 290 g/mol. The van der Waals surface area contributed by atoms with Crippen molar-refractivity contribution in [1.29, 1.82) is 0 Å².